The van der Waals surface area contributed by atoms with Crippen LogP contribution in [-0.4, -0.2) is 30.7 Å². The number of likely N-dealkylation sites (N-methyl/N-ethyl adjacent to an activating group) is 1. The topological polar surface area (TPSA) is 32.7 Å². The molecule has 0 radical (unpaired) electrons. The predicted molar refractivity (Wildman–Crippen MR) is 88.5 cm³/mol. The zero-order valence-corrected chi connectivity index (χ0v) is 13.3. The largest absolute Gasteiger partial charge is 0.508 e. The van der Waals surface area contributed by atoms with Crippen LogP contribution in [0.5, 0.6) is 11.5 Å². The number of hydrogen-bond acceptors (Lipinski definition) is 3. The number of aromatic hydroxyl groups is 1. The number of aryl methyl sites for hydroxylation is 2. The summed E-state index contributed by atoms with van der Waals surface area (Å²) in [6.45, 7) is 1.76. The van der Waals surface area contributed by atoms with Crippen LogP contribution < -0.4 is 4.74 Å². The standard InChI is InChI=1S/C19H23NO2/c1-20-11-10-16-12-17(22-2)9-8-14(16)6-7-15-4-3-5-19(21)18(15)13-20/h3-5,8-9,12,21H,6-7,10-11,13H2,1-2H3. The number of ether oxygens (including phenoxy) is 1. The van der Waals surface area contributed by atoms with Crippen molar-refractivity contribution in [3.8, 4) is 11.5 Å². The number of fused-ring (bicyclic) bond motifs is 2. The van der Waals surface area contributed by atoms with Crippen molar-refractivity contribution >= 4 is 0 Å². The molecule has 0 saturated carbocycles. The van der Waals surface area contributed by atoms with E-state index in [1.165, 1.54) is 16.7 Å². The number of rotatable bonds is 1. The highest BCUT2D eigenvalue weighted by Gasteiger charge is 2.14. The van der Waals surface area contributed by atoms with Crippen LogP contribution in [0.3, 0.4) is 0 Å². The van der Waals surface area contributed by atoms with Crippen LogP contribution in [0.15, 0.2) is 36.4 Å². The molecule has 1 heterocycles. The van der Waals surface area contributed by atoms with E-state index in [1.807, 2.05) is 12.1 Å². The van der Waals surface area contributed by atoms with Crippen LogP contribution in [0, 0.1) is 0 Å². The first kappa shape index (κ1) is 14.9. The second-order valence-corrected chi connectivity index (χ2v) is 6.04. The zero-order chi connectivity index (χ0) is 15.5. The Morgan fingerprint density at radius 2 is 1.82 bits per heavy atom. The maximum atomic E-state index is 10.2. The lowest BCUT2D eigenvalue weighted by atomic mass is 9.94. The first-order valence-electron chi connectivity index (χ1n) is 7.81. The molecule has 2 aromatic carbocycles. The van der Waals surface area contributed by atoms with Gasteiger partial charge in [0.25, 0.3) is 0 Å². The van der Waals surface area contributed by atoms with E-state index >= 15 is 0 Å². The maximum Gasteiger partial charge on any atom is 0.120 e. The number of hydrogen-bond donors (Lipinski definition) is 1. The second-order valence-electron chi connectivity index (χ2n) is 6.04. The van der Waals surface area contributed by atoms with Gasteiger partial charge in [-0.1, -0.05) is 18.2 Å². The van der Waals surface area contributed by atoms with Gasteiger partial charge >= 0.3 is 0 Å². The van der Waals surface area contributed by atoms with E-state index in [9.17, 15) is 5.11 Å². The molecule has 3 nitrogen and oxygen atoms in total. The van der Waals surface area contributed by atoms with Crippen molar-refractivity contribution in [3.05, 3.63) is 58.7 Å². The molecule has 22 heavy (non-hydrogen) atoms. The summed E-state index contributed by atoms with van der Waals surface area (Å²) in [6.07, 6.45) is 2.96. The third kappa shape index (κ3) is 3.09. The Balaban J connectivity index is 1.96. The molecule has 1 N–H and O–H groups in total. The molecule has 0 fully saturated rings. The Hall–Kier alpha value is -2.00. The van der Waals surface area contributed by atoms with Crippen molar-refractivity contribution in [1.29, 1.82) is 0 Å². The Labute approximate surface area is 132 Å². The minimum atomic E-state index is 0.417. The van der Waals surface area contributed by atoms with Crippen molar-refractivity contribution < 1.29 is 9.84 Å². The van der Waals surface area contributed by atoms with Crippen LogP contribution in [0.1, 0.15) is 22.3 Å². The van der Waals surface area contributed by atoms with Gasteiger partial charge in [0.15, 0.2) is 0 Å². The van der Waals surface area contributed by atoms with Crippen LogP contribution in [-0.2, 0) is 25.8 Å². The molecule has 3 rings (SSSR count). The van der Waals surface area contributed by atoms with E-state index in [0.29, 0.717) is 5.75 Å². The van der Waals surface area contributed by atoms with Gasteiger partial charge in [-0.05, 0) is 61.2 Å². The third-order valence-electron chi connectivity index (χ3n) is 4.52. The van der Waals surface area contributed by atoms with Gasteiger partial charge < -0.3 is 14.7 Å². The van der Waals surface area contributed by atoms with Gasteiger partial charge in [-0.2, -0.15) is 0 Å². The van der Waals surface area contributed by atoms with Crippen molar-refractivity contribution in [1.82, 2.24) is 4.90 Å². The summed E-state index contributed by atoms with van der Waals surface area (Å²) >= 11 is 0. The molecule has 0 aromatic heterocycles. The van der Waals surface area contributed by atoms with E-state index in [1.54, 1.807) is 13.2 Å². The second kappa shape index (κ2) is 6.41. The normalized spacial score (nSPS) is 15.7. The summed E-state index contributed by atoms with van der Waals surface area (Å²) in [4.78, 5) is 2.27. The summed E-state index contributed by atoms with van der Waals surface area (Å²) in [7, 11) is 3.82. The quantitative estimate of drug-likeness (QED) is 0.877. The fraction of sp³-hybridized carbons (Fsp3) is 0.368. The Bertz CT molecular complexity index is 666. The maximum absolute atomic E-state index is 10.2. The molecule has 2 aromatic rings. The lowest BCUT2D eigenvalue weighted by Gasteiger charge is -2.23. The zero-order valence-electron chi connectivity index (χ0n) is 13.3. The lowest BCUT2D eigenvalue weighted by Crippen LogP contribution is -2.23. The summed E-state index contributed by atoms with van der Waals surface area (Å²) in [5.74, 6) is 1.34. The molecule has 0 atom stereocenters. The van der Waals surface area contributed by atoms with Gasteiger partial charge in [0.2, 0.25) is 0 Å². The smallest absolute Gasteiger partial charge is 0.120 e. The highest BCUT2D eigenvalue weighted by molar-refractivity contribution is 5.41. The predicted octanol–water partition coefficient (Wildman–Crippen LogP) is 3.17. The number of methoxy groups -OCH3 is 1. The number of phenols is 1. The van der Waals surface area contributed by atoms with E-state index in [2.05, 4.69) is 30.1 Å². The molecule has 3 heteroatoms. The molecule has 0 unspecified atom stereocenters. The minimum Gasteiger partial charge on any atom is -0.508 e. The minimum absolute atomic E-state index is 0.417. The molecule has 0 bridgehead atoms. The Morgan fingerprint density at radius 1 is 1.00 bits per heavy atom. The van der Waals surface area contributed by atoms with Crippen LogP contribution in [0.4, 0.5) is 0 Å². The van der Waals surface area contributed by atoms with Gasteiger partial charge in [-0.25, -0.2) is 0 Å². The van der Waals surface area contributed by atoms with Crippen LogP contribution >= 0.6 is 0 Å². The Kier molecular flexibility index (Phi) is 4.34. The average Bonchev–Trinajstić information content (AvgIpc) is 2.53. The van der Waals surface area contributed by atoms with Gasteiger partial charge in [0.1, 0.15) is 11.5 Å². The van der Waals surface area contributed by atoms with E-state index < -0.39 is 0 Å². The highest BCUT2D eigenvalue weighted by atomic mass is 16.5. The molecule has 1 aliphatic heterocycles. The first-order valence-corrected chi connectivity index (χ1v) is 7.81. The summed E-state index contributed by atoms with van der Waals surface area (Å²) in [5.41, 5.74) is 5.07. The molecular formula is C19H23NO2. The number of phenolic OH excluding ortho intramolecular Hbond substituents is 1. The van der Waals surface area contributed by atoms with Gasteiger partial charge in [0, 0.05) is 18.7 Å². The molecule has 0 saturated heterocycles. The summed E-state index contributed by atoms with van der Waals surface area (Å²) in [5, 5.41) is 10.2. The number of nitrogens with zero attached hydrogens (tertiary/aromatic N) is 1. The monoisotopic (exact) mass is 297 g/mol. The SMILES string of the molecule is COc1ccc2c(c1)CCN(C)Cc1c(O)cccc1CC2. The van der Waals surface area contributed by atoms with Gasteiger partial charge in [-0.3, -0.25) is 0 Å². The molecule has 1 aliphatic rings. The fourth-order valence-corrected chi connectivity index (χ4v) is 3.17. The van der Waals surface area contributed by atoms with E-state index in [0.717, 1.165) is 43.7 Å². The van der Waals surface area contributed by atoms with Crippen molar-refractivity contribution in [3.63, 3.8) is 0 Å². The van der Waals surface area contributed by atoms with Crippen LogP contribution in [0.2, 0.25) is 0 Å². The Morgan fingerprint density at radius 3 is 2.64 bits per heavy atom. The molecule has 0 aliphatic carbocycles. The van der Waals surface area contributed by atoms with E-state index in [4.69, 9.17) is 4.74 Å². The van der Waals surface area contributed by atoms with Crippen LogP contribution in [0.25, 0.3) is 0 Å². The molecule has 116 valence electrons. The van der Waals surface area contributed by atoms with Crippen molar-refractivity contribution in [2.45, 2.75) is 25.8 Å². The first-order chi connectivity index (χ1) is 10.7. The van der Waals surface area contributed by atoms with E-state index in [-0.39, 0.29) is 0 Å². The molecule has 0 spiro atoms. The van der Waals surface area contributed by atoms with Crippen molar-refractivity contribution in [2.75, 3.05) is 20.7 Å². The average molecular weight is 297 g/mol. The third-order valence-corrected chi connectivity index (χ3v) is 4.52. The fourth-order valence-electron chi connectivity index (χ4n) is 3.17. The lowest BCUT2D eigenvalue weighted by molar-refractivity contribution is 0.321. The summed E-state index contributed by atoms with van der Waals surface area (Å²) in [6, 6.07) is 12.2. The van der Waals surface area contributed by atoms with Crippen molar-refractivity contribution in [2.24, 2.45) is 0 Å². The number of benzene rings is 2. The van der Waals surface area contributed by atoms with Gasteiger partial charge in [-0.15, -0.1) is 0 Å². The summed E-state index contributed by atoms with van der Waals surface area (Å²) < 4.78 is 5.36. The van der Waals surface area contributed by atoms with Gasteiger partial charge in [0.05, 0.1) is 7.11 Å². The highest BCUT2D eigenvalue weighted by Crippen LogP contribution is 2.27. The molecule has 0 amide bonds. The molecular weight excluding hydrogens is 274 g/mol.